The number of hydrogen-bond acceptors (Lipinski definition) is 1. The molecule has 0 amide bonds. The SMILES string of the molecule is C=C(/C=C\C=C/C)C1=CC(/C(C)=N/C2=CC=CCC2C)CCC1. The first-order chi connectivity index (χ1) is 11.1. The molecular weight excluding hydrogens is 278 g/mol. The van der Waals surface area contributed by atoms with Gasteiger partial charge in [0.25, 0.3) is 0 Å². The van der Waals surface area contributed by atoms with Crippen LogP contribution in [0.3, 0.4) is 0 Å². The highest BCUT2D eigenvalue weighted by molar-refractivity contribution is 5.87. The second-order valence-corrected chi connectivity index (χ2v) is 6.51. The minimum Gasteiger partial charge on any atom is -0.262 e. The van der Waals surface area contributed by atoms with E-state index in [0.717, 1.165) is 18.4 Å². The zero-order valence-corrected chi connectivity index (χ0v) is 14.8. The molecule has 1 heteroatoms. The Morgan fingerprint density at radius 3 is 2.91 bits per heavy atom. The second kappa shape index (κ2) is 8.67. The van der Waals surface area contributed by atoms with Crippen LogP contribution in [0.15, 0.2) is 77.0 Å². The maximum Gasteiger partial charge on any atom is 0.0434 e. The van der Waals surface area contributed by atoms with Crippen molar-refractivity contribution in [1.29, 1.82) is 0 Å². The molecule has 1 nitrogen and oxygen atoms in total. The molecule has 2 aliphatic carbocycles. The van der Waals surface area contributed by atoms with Crippen LogP contribution in [0.4, 0.5) is 0 Å². The van der Waals surface area contributed by atoms with Crippen molar-refractivity contribution < 1.29 is 0 Å². The van der Waals surface area contributed by atoms with Gasteiger partial charge in [0.1, 0.15) is 0 Å². The van der Waals surface area contributed by atoms with Gasteiger partial charge in [-0.2, -0.15) is 0 Å². The van der Waals surface area contributed by atoms with Crippen LogP contribution in [0, 0.1) is 11.8 Å². The molecule has 122 valence electrons. The molecule has 2 aliphatic rings. The van der Waals surface area contributed by atoms with Gasteiger partial charge < -0.3 is 0 Å². The van der Waals surface area contributed by atoms with Crippen LogP contribution >= 0.6 is 0 Å². The maximum atomic E-state index is 4.93. The molecule has 0 saturated heterocycles. The van der Waals surface area contributed by atoms with Crippen molar-refractivity contribution in [1.82, 2.24) is 0 Å². The van der Waals surface area contributed by atoms with E-state index in [1.165, 1.54) is 29.8 Å². The first-order valence-electron chi connectivity index (χ1n) is 8.73. The van der Waals surface area contributed by atoms with Gasteiger partial charge in [-0.1, -0.05) is 56.0 Å². The summed E-state index contributed by atoms with van der Waals surface area (Å²) in [5.41, 5.74) is 4.97. The van der Waals surface area contributed by atoms with Gasteiger partial charge >= 0.3 is 0 Å². The van der Waals surface area contributed by atoms with E-state index >= 15 is 0 Å². The van der Waals surface area contributed by atoms with Gasteiger partial charge in [0.15, 0.2) is 0 Å². The van der Waals surface area contributed by atoms with Gasteiger partial charge in [0, 0.05) is 23.2 Å². The molecule has 0 bridgehead atoms. The second-order valence-electron chi connectivity index (χ2n) is 6.51. The van der Waals surface area contributed by atoms with Gasteiger partial charge in [-0.15, -0.1) is 0 Å². The van der Waals surface area contributed by atoms with Crippen LogP contribution in [-0.2, 0) is 0 Å². The number of nitrogens with zero attached hydrogens (tertiary/aromatic N) is 1. The molecule has 0 N–H and O–H groups in total. The zero-order chi connectivity index (χ0) is 16.7. The number of allylic oxidation sites excluding steroid dienone is 11. The van der Waals surface area contributed by atoms with Crippen molar-refractivity contribution in [2.24, 2.45) is 16.8 Å². The van der Waals surface area contributed by atoms with E-state index in [0.29, 0.717) is 11.8 Å². The van der Waals surface area contributed by atoms with Crippen molar-refractivity contribution in [3.05, 3.63) is 72.0 Å². The van der Waals surface area contributed by atoms with Gasteiger partial charge in [-0.05, 0) is 56.8 Å². The Kier molecular flexibility index (Phi) is 6.58. The highest BCUT2D eigenvalue weighted by Gasteiger charge is 2.18. The van der Waals surface area contributed by atoms with Crippen LogP contribution in [0.5, 0.6) is 0 Å². The van der Waals surface area contributed by atoms with Gasteiger partial charge in [-0.3, -0.25) is 4.99 Å². The monoisotopic (exact) mass is 307 g/mol. The lowest BCUT2D eigenvalue weighted by Gasteiger charge is -2.23. The van der Waals surface area contributed by atoms with E-state index in [1.54, 1.807) is 0 Å². The summed E-state index contributed by atoms with van der Waals surface area (Å²) in [6.07, 6.45) is 21.8. The Hall–Kier alpha value is -1.89. The van der Waals surface area contributed by atoms with E-state index < -0.39 is 0 Å². The number of hydrogen-bond donors (Lipinski definition) is 0. The molecule has 2 atom stereocenters. The number of rotatable bonds is 5. The molecule has 0 radical (unpaired) electrons. The molecule has 0 aromatic rings. The van der Waals surface area contributed by atoms with E-state index in [2.05, 4.69) is 56.9 Å². The Labute approximate surface area is 141 Å². The van der Waals surface area contributed by atoms with Crippen LogP contribution in [0.1, 0.15) is 46.5 Å². The van der Waals surface area contributed by atoms with Gasteiger partial charge in [0.05, 0.1) is 0 Å². The smallest absolute Gasteiger partial charge is 0.0434 e. The Bertz CT molecular complexity index is 608. The van der Waals surface area contributed by atoms with Crippen LogP contribution in [0.2, 0.25) is 0 Å². The minimum atomic E-state index is 0.449. The lowest BCUT2D eigenvalue weighted by atomic mass is 9.85. The van der Waals surface area contributed by atoms with Crippen LogP contribution in [-0.4, -0.2) is 5.71 Å². The van der Waals surface area contributed by atoms with Crippen LogP contribution in [0.25, 0.3) is 0 Å². The molecule has 0 aromatic heterocycles. The molecule has 23 heavy (non-hydrogen) atoms. The summed E-state index contributed by atoms with van der Waals surface area (Å²) in [6.45, 7) is 10.7. The quantitative estimate of drug-likeness (QED) is 0.415. The highest BCUT2D eigenvalue weighted by Crippen LogP contribution is 2.30. The topological polar surface area (TPSA) is 12.4 Å². The molecule has 0 fully saturated rings. The molecule has 0 saturated carbocycles. The fraction of sp³-hybridized carbons (Fsp3) is 0.409. The number of aliphatic imine (C=N–C) groups is 1. The van der Waals surface area contributed by atoms with Crippen molar-refractivity contribution in [3.63, 3.8) is 0 Å². The third-order valence-corrected chi connectivity index (χ3v) is 4.62. The maximum absolute atomic E-state index is 4.93. The zero-order valence-electron chi connectivity index (χ0n) is 14.8. The summed E-state index contributed by atoms with van der Waals surface area (Å²) in [5.74, 6) is 0.977. The van der Waals surface area contributed by atoms with E-state index in [9.17, 15) is 0 Å². The fourth-order valence-electron chi connectivity index (χ4n) is 3.08. The van der Waals surface area contributed by atoms with E-state index in [4.69, 9.17) is 4.99 Å². The normalized spacial score (nSPS) is 25.8. The minimum absolute atomic E-state index is 0.449. The third kappa shape index (κ3) is 5.06. The summed E-state index contributed by atoms with van der Waals surface area (Å²) in [5, 5.41) is 0. The molecule has 2 rings (SSSR count). The molecule has 0 aliphatic heterocycles. The van der Waals surface area contributed by atoms with E-state index in [1.807, 2.05) is 19.1 Å². The summed E-state index contributed by atoms with van der Waals surface area (Å²) in [6, 6.07) is 0. The average Bonchev–Trinajstić information content (AvgIpc) is 2.57. The Morgan fingerprint density at radius 1 is 1.35 bits per heavy atom. The average molecular weight is 307 g/mol. The molecule has 2 unspecified atom stereocenters. The van der Waals surface area contributed by atoms with Crippen molar-refractivity contribution in [3.8, 4) is 0 Å². The Morgan fingerprint density at radius 2 is 2.17 bits per heavy atom. The predicted molar refractivity (Wildman–Crippen MR) is 103 cm³/mol. The summed E-state index contributed by atoms with van der Waals surface area (Å²) >= 11 is 0. The summed E-state index contributed by atoms with van der Waals surface area (Å²) < 4.78 is 0. The first-order valence-corrected chi connectivity index (χ1v) is 8.73. The van der Waals surface area contributed by atoms with Crippen molar-refractivity contribution in [2.75, 3.05) is 0 Å². The molecule has 0 aromatic carbocycles. The molecular formula is C22H29N. The first kappa shape index (κ1) is 17.5. The van der Waals surface area contributed by atoms with E-state index in [-0.39, 0.29) is 0 Å². The fourth-order valence-corrected chi connectivity index (χ4v) is 3.08. The predicted octanol–water partition coefficient (Wildman–Crippen LogP) is 6.34. The Balaban J connectivity index is 2.12. The van der Waals surface area contributed by atoms with Crippen molar-refractivity contribution >= 4 is 5.71 Å². The lowest BCUT2D eigenvalue weighted by Crippen LogP contribution is -2.15. The van der Waals surface area contributed by atoms with Gasteiger partial charge in [-0.25, -0.2) is 0 Å². The van der Waals surface area contributed by atoms with Crippen LogP contribution < -0.4 is 0 Å². The summed E-state index contributed by atoms with van der Waals surface area (Å²) in [4.78, 5) is 4.93. The van der Waals surface area contributed by atoms with Crippen molar-refractivity contribution in [2.45, 2.75) is 46.5 Å². The lowest BCUT2D eigenvalue weighted by molar-refractivity contribution is 0.630. The molecule has 0 heterocycles. The largest absolute Gasteiger partial charge is 0.262 e. The van der Waals surface area contributed by atoms with Gasteiger partial charge in [0.2, 0.25) is 0 Å². The summed E-state index contributed by atoms with van der Waals surface area (Å²) in [7, 11) is 0. The molecule has 0 spiro atoms. The standard InChI is InChI=1S/C22H29N/c1-5-6-7-11-17(2)20-13-10-14-21(16-20)19(4)23-22-15-9-8-12-18(22)3/h5-9,11,15-16,18,21H,2,10,12-14H2,1,3-4H3/b6-5-,11-7-,23-19+. The third-order valence-electron chi connectivity index (χ3n) is 4.62. The highest BCUT2D eigenvalue weighted by atomic mass is 14.8.